The van der Waals surface area contributed by atoms with Crippen molar-refractivity contribution in [3.63, 3.8) is 0 Å². The number of hydrogen-bond donors (Lipinski definition) is 1. The first-order valence-corrected chi connectivity index (χ1v) is 5.93. The van der Waals surface area contributed by atoms with E-state index in [1.165, 1.54) is 11.1 Å². The topological polar surface area (TPSA) is 29.9 Å². The van der Waals surface area contributed by atoms with Gasteiger partial charge in [0, 0.05) is 25.8 Å². The SMILES string of the molecule is Cc1cccc([C@H](C)NCc2ccn(C)n2)c1. The molecule has 1 atom stereocenters. The number of nitrogens with zero attached hydrogens (tertiary/aromatic N) is 2. The molecule has 3 heteroatoms. The lowest BCUT2D eigenvalue weighted by Gasteiger charge is -2.13. The molecule has 0 radical (unpaired) electrons. The van der Waals surface area contributed by atoms with Gasteiger partial charge in [-0.2, -0.15) is 5.10 Å². The van der Waals surface area contributed by atoms with Crippen molar-refractivity contribution >= 4 is 0 Å². The first-order valence-electron chi connectivity index (χ1n) is 5.93. The largest absolute Gasteiger partial charge is 0.304 e. The first-order chi connectivity index (χ1) is 8.15. The number of benzene rings is 1. The van der Waals surface area contributed by atoms with Crippen LogP contribution in [0.1, 0.15) is 29.8 Å². The molecule has 0 bridgehead atoms. The molecule has 2 rings (SSSR count). The number of hydrogen-bond acceptors (Lipinski definition) is 2. The lowest BCUT2D eigenvalue weighted by atomic mass is 10.1. The highest BCUT2D eigenvalue weighted by Crippen LogP contribution is 2.14. The molecule has 0 aliphatic carbocycles. The number of nitrogens with one attached hydrogen (secondary N) is 1. The summed E-state index contributed by atoms with van der Waals surface area (Å²) in [5, 5.41) is 7.83. The molecule has 0 aliphatic heterocycles. The molecular weight excluding hydrogens is 210 g/mol. The Balaban J connectivity index is 1.95. The molecular formula is C14H19N3. The van der Waals surface area contributed by atoms with Gasteiger partial charge < -0.3 is 5.32 Å². The molecule has 1 aromatic heterocycles. The van der Waals surface area contributed by atoms with E-state index in [0.29, 0.717) is 6.04 Å². The Hall–Kier alpha value is -1.61. The van der Waals surface area contributed by atoms with Gasteiger partial charge in [0.25, 0.3) is 0 Å². The van der Waals surface area contributed by atoms with E-state index < -0.39 is 0 Å². The summed E-state index contributed by atoms with van der Waals surface area (Å²) in [5.74, 6) is 0. The van der Waals surface area contributed by atoms with Crippen LogP contribution in [0.4, 0.5) is 0 Å². The lowest BCUT2D eigenvalue weighted by Crippen LogP contribution is -2.18. The van der Waals surface area contributed by atoms with E-state index in [1.807, 2.05) is 24.0 Å². The van der Waals surface area contributed by atoms with Gasteiger partial charge in [-0.1, -0.05) is 29.8 Å². The summed E-state index contributed by atoms with van der Waals surface area (Å²) in [6.07, 6.45) is 1.97. The van der Waals surface area contributed by atoms with Crippen LogP contribution in [-0.4, -0.2) is 9.78 Å². The highest BCUT2D eigenvalue weighted by Gasteiger charge is 2.05. The Morgan fingerprint density at radius 3 is 2.82 bits per heavy atom. The van der Waals surface area contributed by atoms with Crippen molar-refractivity contribution in [3.8, 4) is 0 Å². The molecule has 90 valence electrons. The van der Waals surface area contributed by atoms with E-state index in [4.69, 9.17) is 0 Å². The summed E-state index contributed by atoms with van der Waals surface area (Å²) in [5.41, 5.74) is 3.70. The minimum atomic E-state index is 0.344. The van der Waals surface area contributed by atoms with Crippen LogP contribution in [0.5, 0.6) is 0 Å². The zero-order valence-electron chi connectivity index (χ0n) is 10.6. The fourth-order valence-corrected chi connectivity index (χ4v) is 1.87. The summed E-state index contributed by atoms with van der Waals surface area (Å²) in [7, 11) is 1.94. The molecule has 1 heterocycles. The Labute approximate surface area is 102 Å². The van der Waals surface area contributed by atoms with Gasteiger partial charge in [0.1, 0.15) is 0 Å². The monoisotopic (exact) mass is 229 g/mol. The second-order valence-corrected chi connectivity index (χ2v) is 4.50. The van der Waals surface area contributed by atoms with Gasteiger partial charge in [-0.3, -0.25) is 4.68 Å². The van der Waals surface area contributed by atoms with Crippen molar-refractivity contribution in [2.45, 2.75) is 26.4 Å². The van der Waals surface area contributed by atoms with Crippen LogP contribution in [0.25, 0.3) is 0 Å². The second kappa shape index (κ2) is 5.15. The molecule has 0 unspecified atom stereocenters. The summed E-state index contributed by atoms with van der Waals surface area (Å²) >= 11 is 0. The highest BCUT2D eigenvalue weighted by atomic mass is 15.3. The van der Waals surface area contributed by atoms with Gasteiger partial charge in [0.15, 0.2) is 0 Å². The molecule has 0 spiro atoms. The average molecular weight is 229 g/mol. The van der Waals surface area contributed by atoms with Crippen LogP contribution in [-0.2, 0) is 13.6 Å². The van der Waals surface area contributed by atoms with E-state index in [1.54, 1.807) is 0 Å². The van der Waals surface area contributed by atoms with Crippen molar-refractivity contribution in [2.24, 2.45) is 7.05 Å². The van der Waals surface area contributed by atoms with E-state index in [-0.39, 0.29) is 0 Å². The Kier molecular flexibility index (Phi) is 3.59. The van der Waals surface area contributed by atoms with Crippen LogP contribution in [0, 0.1) is 6.92 Å². The Morgan fingerprint density at radius 1 is 1.35 bits per heavy atom. The summed E-state index contributed by atoms with van der Waals surface area (Å²) in [4.78, 5) is 0. The maximum Gasteiger partial charge on any atom is 0.0762 e. The first kappa shape index (κ1) is 11.9. The van der Waals surface area contributed by atoms with Crippen LogP contribution in [0.2, 0.25) is 0 Å². The van der Waals surface area contributed by atoms with Crippen LogP contribution < -0.4 is 5.32 Å². The molecule has 1 aromatic carbocycles. The molecule has 0 fully saturated rings. The zero-order chi connectivity index (χ0) is 12.3. The fraction of sp³-hybridized carbons (Fsp3) is 0.357. The van der Waals surface area contributed by atoms with Crippen molar-refractivity contribution < 1.29 is 0 Å². The lowest BCUT2D eigenvalue weighted by molar-refractivity contribution is 0.561. The highest BCUT2D eigenvalue weighted by molar-refractivity contribution is 5.24. The fourth-order valence-electron chi connectivity index (χ4n) is 1.87. The molecule has 0 saturated heterocycles. The second-order valence-electron chi connectivity index (χ2n) is 4.50. The van der Waals surface area contributed by atoms with Gasteiger partial charge in [-0.25, -0.2) is 0 Å². The minimum absolute atomic E-state index is 0.344. The van der Waals surface area contributed by atoms with Gasteiger partial charge in [0.05, 0.1) is 5.69 Å². The van der Waals surface area contributed by atoms with Crippen molar-refractivity contribution in [2.75, 3.05) is 0 Å². The van der Waals surface area contributed by atoms with Crippen molar-refractivity contribution in [3.05, 3.63) is 53.3 Å². The van der Waals surface area contributed by atoms with Gasteiger partial charge in [0.2, 0.25) is 0 Å². The van der Waals surface area contributed by atoms with Gasteiger partial charge in [-0.15, -0.1) is 0 Å². The molecule has 17 heavy (non-hydrogen) atoms. The number of aryl methyl sites for hydroxylation is 2. The minimum Gasteiger partial charge on any atom is -0.304 e. The van der Waals surface area contributed by atoms with E-state index in [2.05, 4.69) is 48.5 Å². The third-order valence-corrected chi connectivity index (χ3v) is 2.90. The predicted molar refractivity (Wildman–Crippen MR) is 69.6 cm³/mol. The average Bonchev–Trinajstić information content (AvgIpc) is 2.72. The summed E-state index contributed by atoms with van der Waals surface area (Å²) < 4.78 is 1.83. The van der Waals surface area contributed by atoms with Crippen molar-refractivity contribution in [1.82, 2.24) is 15.1 Å². The molecule has 0 amide bonds. The van der Waals surface area contributed by atoms with E-state index in [9.17, 15) is 0 Å². The van der Waals surface area contributed by atoms with Gasteiger partial charge >= 0.3 is 0 Å². The maximum absolute atomic E-state index is 4.35. The van der Waals surface area contributed by atoms with Crippen molar-refractivity contribution in [1.29, 1.82) is 0 Å². The third-order valence-electron chi connectivity index (χ3n) is 2.90. The number of aromatic nitrogens is 2. The third kappa shape index (κ3) is 3.17. The summed E-state index contributed by atoms with van der Waals surface area (Å²) in [6.45, 7) is 5.10. The predicted octanol–water partition coefficient (Wildman–Crippen LogP) is 2.58. The van der Waals surface area contributed by atoms with Gasteiger partial charge in [-0.05, 0) is 25.5 Å². The molecule has 3 nitrogen and oxygen atoms in total. The molecule has 2 aromatic rings. The maximum atomic E-state index is 4.35. The summed E-state index contributed by atoms with van der Waals surface area (Å²) in [6, 6.07) is 11.0. The zero-order valence-corrected chi connectivity index (χ0v) is 10.6. The standard InChI is InChI=1S/C14H19N3/c1-11-5-4-6-13(9-11)12(2)15-10-14-7-8-17(3)16-14/h4-9,12,15H,10H2,1-3H3/t12-/m0/s1. The number of rotatable bonds is 4. The normalized spacial score (nSPS) is 12.6. The van der Waals surface area contributed by atoms with Crippen LogP contribution in [0.3, 0.4) is 0 Å². The van der Waals surface area contributed by atoms with E-state index >= 15 is 0 Å². The Morgan fingerprint density at radius 2 is 2.18 bits per heavy atom. The van der Waals surface area contributed by atoms with Crippen LogP contribution >= 0.6 is 0 Å². The van der Waals surface area contributed by atoms with E-state index in [0.717, 1.165) is 12.2 Å². The molecule has 1 N–H and O–H groups in total. The molecule has 0 aliphatic rings. The molecule has 0 saturated carbocycles. The quantitative estimate of drug-likeness (QED) is 0.873. The van der Waals surface area contributed by atoms with Crippen LogP contribution in [0.15, 0.2) is 36.5 Å². The smallest absolute Gasteiger partial charge is 0.0762 e. The Bertz CT molecular complexity index is 488.